The number of para-hydroxylation sites is 2. The van der Waals surface area contributed by atoms with Gasteiger partial charge in [-0.05, 0) is 48.1 Å². The minimum Gasteiger partial charge on any atom is -0.356 e. The van der Waals surface area contributed by atoms with Crippen molar-refractivity contribution >= 4 is 16.9 Å². The molecule has 148 valence electrons. The van der Waals surface area contributed by atoms with Crippen LogP contribution in [0, 0.1) is 11.7 Å². The third-order valence-corrected chi connectivity index (χ3v) is 5.07. The molecule has 3 rings (SSSR count). The summed E-state index contributed by atoms with van der Waals surface area (Å²) in [5, 5.41) is 2.94. The van der Waals surface area contributed by atoms with Crippen LogP contribution >= 0.6 is 0 Å². The molecule has 0 saturated carbocycles. The molecule has 2 aromatic carbocycles. The Hall–Kier alpha value is -2.89. The van der Waals surface area contributed by atoms with Crippen LogP contribution in [0.4, 0.5) is 4.39 Å². The number of aromatic nitrogens is 2. The molecule has 1 amide bonds. The molecular weight excluding hydrogens is 357 g/mol. The van der Waals surface area contributed by atoms with E-state index in [1.807, 2.05) is 24.3 Å². The number of nitrogens with one attached hydrogen (secondary N) is 2. The molecule has 1 heterocycles. The average Bonchev–Trinajstić information content (AvgIpc) is 2.99. The number of hydrogen-bond donors (Lipinski definition) is 2. The van der Waals surface area contributed by atoms with Crippen molar-refractivity contribution in [3.63, 3.8) is 0 Å². The molecule has 0 aliphatic heterocycles. The predicted molar refractivity (Wildman–Crippen MR) is 109 cm³/mol. The summed E-state index contributed by atoms with van der Waals surface area (Å²) in [5.74, 6) is -0.00428. The summed E-state index contributed by atoms with van der Waals surface area (Å²) in [6, 6.07) is 13.9. The molecule has 1 atom stereocenters. The third kappa shape index (κ3) is 4.68. The van der Waals surface area contributed by atoms with Gasteiger partial charge in [-0.15, -0.1) is 0 Å². The van der Waals surface area contributed by atoms with Gasteiger partial charge in [0.1, 0.15) is 5.82 Å². The van der Waals surface area contributed by atoms with E-state index in [2.05, 4.69) is 24.1 Å². The number of halogens is 1. The van der Waals surface area contributed by atoms with Crippen LogP contribution in [0.15, 0.2) is 53.3 Å². The maximum absolute atomic E-state index is 13.2. The van der Waals surface area contributed by atoms with E-state index in [9.17, 15) is 14.0 Å². The minimum atomic E-state index is -0.275. The van der Waals surface area contributed by atoms with Gasteiger partial charge in [-0.3, -0.25) is 9.36 Å². The molecule has 0 saturated heterocycles. The number of nitrogens with zero attached hydrogens (tertiary/aromatic N) is 1. The number of aryl methyl sites for hydroxylation is 1. The number of rotatable bonds is 8. The normalized spacial score (nSPS) is 12.4. The summed E-state index contributed by atoms with van der Waals surface area (Å²) in [7, 11) is 0. The van der Waals surface area contributed by atoms with E-state index >= 15 is 0 Å². The summed E-state index contributed by atoms with van der Waals surface area (Å²) in [4.78, 5) is 27.3. The average molecular weight is 383 g/mol. The second-order valence-electron chi connectivity index (χ2n) is 7.41. The van der Waals surface area contributed by atoms with Gasteiger partial charge in [0.2, 0.25) is 5.91 Å². The van der Waals surface area contributed by atoms with Crippen LogP contribution in [-0.2, 0) is 11.3 Å². The molecule has 0 bridgehead atoms. The van der Waals surface area contributed by atoms with Crippen LogP contribution < -0.4 is 11.0 Å². The van der Waals surface area contributed by atoms with E-state index in [4.69, 9.17) is 0 Å². The molecule has 3 aromatic rings. The van der Waals surface area contributed by atoms with Crippen LogP contribution in [0.3, 0.4) is 0 Å². The van der Waals surface area contributed by atoms with Gasteiger partial charge in [-0.1, -0.05) is 38.1 Å². The van der Waals surface area contributed by atoms with Crippen molar-refractivity contribution in [2.45, 2.75) is 39.2 Å². The maximum Gasteiger partial charge on any atom is 0.326 e. The highest BCUT2D eigenvalue weighted by Crippen LogP contribution is 2.28. The molecule has 0 aliphatic rings. The van der Waals surface area contributed by atoms with Crippen LogP contribution in [0.2, 0.25) is 0 Å². The lowest BCUT2D eigenvalue weighted by Gasteiger charge is -2.21. The van der Waals surface area contributed by atoms with Crippen molar-refractivity contribution in [2.75, 3.05) is 6.54 Å². The molecule has 2 N–H and O–H groups in total. The van der Waals surface area contributed by atoms with Crippen LogP contribution in [0.25, 0.3) is 11.0 Å². The number of aromatic amines is 1. The molecule has 0 aliphatic carbocycles. The van der Waals surface area contributed by atoms with Gasteiger partial charge in [0.15, 0.2) is 0 Å². The zero-order valence-corrected chi connectivity index (χ0v) is 16.2. The van der Waals surface area contributed by atoms with Gasteiger partial charge in [0.05, 0.1) is 11.0 Å². The lowest BCUT2D eigenvalue weighted by Crippen LogP contribution is -2.28. The molecular formula is C22H26FN3O2. The Kier molecular flexibility index (Phi) is 6.29. The van der Waals surface area contributed by atoms with E-state index in [0.29, 0.717) is 25.9 Å². The molecule has 6 heteroatoms. The highest BCUT2D eigenvalue weighted by atomic mass is 19.1. The second-order valence-corrected chi connectivity index (χ2v) is 7.41. The number of H-pyrrole nitrogens is 1. The van der Waals surface area contributed by atoms with Gasteiger partial charge in [-0.2, -0.15) is 0 Å². The first-order valence-electron chi connectivity index (χ1n) is 9.65. The predicted octanol–water partition coefficient (Wildman–Crippen LogP) is 3.80. The Morgan fingerprint density at radius 2 is 1.86 bits per heavy atom. The SMILES string of the molecule is CC(C)C(CC(=O)NCCCn1c(=O)[nH]c2ccccc21)c1ccc(F)cc1. The number of benzene rings is 2. The fourth-order valence-electron chi connectivity index (χ4n) is 3.51. The number of carbonyl (C=O) groups is 1. The van der Waals surface area contributed by atoms with E-state index in [1.54, 1.807) is 16.7 Å². The molecule has 5 nitrogen and oxygen atoms in total. The number of imidazole rings is 1. The highest BCUT2D eigenvalue weighted by molar-refractivity contribution is 5.77. The lowest BCUT2D eigenvalue weighted by atomic mass is 9.85. The fraction of sp³-hybridized carbons (Fsp3) is 0.364. The Morgan fingerprint density at radius 3 is 2.57 bits per heavy atom. The summed E-state index contributed by atoms with van der Waals surface area (Å²) in [6.45, 7) is 5.16. The first kappa shape index (κ1) is 19.9. The zero-order valence-electron chi connectivity index (χ0n) is 16.2. The molecule has 1 unspecified atom stereocenters. The van der Waals surface area contributed by atoms with Crippen LogP contribution in [-0.4, -0.2) is 22.0 Å². The molecule has 0 fully saturated rings. The van der Waals surface area contributed by atoms with Crippen molar-refractivity contribution in [1.82, 2.24) is 14.9 Å². The fourth-order valence-corrected chi connectivity index (χ4v) is 3.51. The summed E-state index contributed by atoms with van der Waals surface area (Å²) in [6.07, 6.45) is 1.02. The summed E-state index contributed by atoms with van der Waals surface area (Å²) in [5.41, 5.74) is 2.52. The van der Waals surface area contributed by atoms with E-state index in [0.717, 1.165) is 16.6 Å². The monoisotopic (exact) mass is 383 g/mol. The van der Waals surface area contributed by atoms with Crippen LogP contribution in [0.5, 0.6) is 0 Å². The molecule has 28 heavy (non-hydrogen) atoms. The van der Waals surface area contributed by atoms with Gasteiger partial charge < -0.3 is 10.3 Å². The topological polar surface area (TPSA) is 66.9 Å². The first-order valence-corrected chi connectivity index (χ1v) is 9.65. The smallest absolute Gasteiger partial charge is 0.326 e. The summed E-state index contributed by atoms with van der Waals surface area (Å²) >= 11 is 0. The van der Waals surface area contributed by atoms with Crippen LogP contribution in [0.1, 0.15) is 38.2 Å². The Morgan fingerprint density at radius 1 is 1.14 bits per heavy atom. The van der Waals surface area contributed by atoms with Crippen molar-refractivity contribution in [2.24, 2.45) is 5.92 Å². The Balaban J connectivity index is 1.52. The largest absolute Gasteiger partial charge is 0.356 e. The lowest BCUT2D eigenvalue weighted by molar-refractivity contribution is -0.121. The molecule has 1 aromatic heterocycles. The van der Waals surface area contributed by atoms with Crippen molar-refractivity contribution < 1.29 is 9.18 Å². The quantitative estimate of drug-likeness (QED) is 0.581. The van der Waals surface area contributed by atoms with Crippen molar-refractivity contribution in [3.8, 4) is 0 Å². The van der Waals surface area contributed by atoms with Gasteiger partial charge in [0.25, 0.3) is 0 Å². The molecule has 0 radical (unpaired) electrons. The van der Waals surface area contributed by atoms with Gasteiger partial charge >= 0.3 is 5.69 Å². The first-order chi connectivity index (χ1) is 13.5. The third-order valence-electron chi connectivity index (χ3n) is 5.07. The van der Waals surface area contributed by atoms with Crippen molar-refractivity contribution in [1.29, 1.82) is 0 Å². The van der Waals surface area contributed by atoms with Gasteiger partial charge in [-0.25, -0.2) is 9.18 Å². The van der Waals surface area contributed by atoms with E-state index in [1.165, 1.54) is 12.1 Å². The Bertz CT molecular complexity index is 989. The highest BCUT2D eigenvalue weighted by Gasteiger charge is 2.19. The number of fused-ring (bicyclic) bond motifs is 1. The minimum absolute atomic E-state index is 0.0331. The van der Waals surface area contributed by atoms with Crippen molar-refractivity contribution in [3.05, 3.63) is 70.4 Å². The summed E-state index contributed by atoms with van der Waals surface area (Å²) < 4.78 is 14.8. The maximum atomic E-state index is 13.2. The second kappa shape index (κ2) is 8.87. The zero-order chi connectivity index (χ0) is 20.1. The molecule has 0 spiro atoms. The standard InChI is InChI=1S/C22H26FN3O2/c1-15(2)18(16-8-10-17(23)11-9-16)14-21(27)24-12-5-13-26-20-7-4-3-6-19(20)25-22(26)28/h3-4,6-11,15,18H,5,12-14H2,1-2H3,(H,24,27)(H,25,28). The van der Waals surface area contributed by atoms with E-state index < -0.39 is 0 Å². The number of carbonyl (C=O) groups excluding carboxylic acids is 1. The van der Waals surface area contributed by atoms with E-state index in [-0.39, 0.29) is 29.2 Å². The number of hydrogen-bond acceptors (Lipinski definition) is 2. The number of amides is 1. The Labute approximate surface area is 163 Å². The van der Waals surface area contributed by atoms with Gasteiger partial charge in [0, 0.05) is 19.5 Å².